The molecule has 1 aromatic heterocycles. The number of carbonyl (C=O) groups is 1. The number of fused-ring (bicyclic) bond motifs is 1. The van der Waals surface area contributed by atoms with E-state index in [1.54, 1.807) is 30.1 Å². The molecule has 3 aromatic rings. The first-order valence-corrected chi connectivity index (χ1v) is 9.70. The van der Waals surface area contributed by atoms with Crippen LogP contribution in [0.3, 0.4) is 0 Å². The number of benzene rings is 2. The third-order valence-corrected chi connectivity index (χ3v) is 5.46. The number of aromatic nitrogens is 2. The topological polar surface area (TPSA) is 95.4 Å². The molecule has 0 bridgehead atoms. The summed E-state index contributed by atoms with van der Waals surface area (Å²) < 4.78 is 0. The van der Waals surface area contributed by atoms with Gasteiger partial charge >= 0.3 is 0 Å². The number of nitro groups is 1. The second-order valence-corrected chi connectivity index (χ2v) is 7.40. The molecule has 0 atom stereocenters. The van der Waals surface area contributed by atoms with Crippen LogP contribution < -0.4 is 4.90 Å². The number of para-hydroxylation sites is 4. The van der Waals surface area contributed by atoms with Crippen LogP contribution in [0.4, 0.5) is 11.4 Å². The minimum atomic E-state index is -0.353. The van der Waals surface area contributed by atoms with Crippen molar-refractivity contribution in [2.75, 3.05) is 25.0 Å². The summed E-state index contributed by atoms with van der Waals surface area (Å²) in [4.78, 5) is 35.3. The fourth-order valence-corrected chi connectivity index (χ4v) is 3.95. The van der Waals surface area contributed by atoms with Crippen molar-refractivity contribution in [2.45, 2.75) is 19.4 Å². The number of amides is 1. The van der Waals surface area contributed by atoms with E-state index in [1.807, 2.05) is 29.2 Å². The van der Waals surface area contributed by atoms with E-state index < -0.39 is 0 Å². The van der Waals surface area contributed by atoms with Crippen molar-refractivity contribution in [3.63, 3.8) is 0 Å². The molecule has 4 rings (SSSR count). The second-order valence-electron chi connectivity index (χ2n) is 7.40. The molecule has 0 spiro atoms. The molecule has 150 valence electrons. The van der Waals surface area contributed by atoms with E-state index in [9.17, 15) is 14.9 Å². The van der Waals surface area contributed by atoms with E-state index in [2.05, 4.69) is 9.97 Å². The van der Waals surface area contributed by atoms with Crippen molar-refractivity contribution >= 4 is 28.3 Å². The lowest BCUT2D eigenvalue weighted by Crippen LogP contribution is -2.41. The van der Waals surface area contributed by atoms with Gasteiger partial charge in [0.1, 0.15) is 11.5 Å². The Hall–Kier alpha value is -3.42. The molecule has 8 nitrogen and oxygen atoms in total. The van der Waals surface area contributed by atoms with Gasteiger partial charge in [-0.1, -0.05) is 24.3 Å². The van der Waals surface area contributed by atoms with Gasteiger partial charge < -0.3 is 14.8 Å². The van der Waals surface area contributed by atoms with Crippen LogP contribution >= 0.6 is 0 Å². The Balaban J connectivity index is 1.38. The van der Waals surface area contributed by atoms with Crippen LogP contribution in [0.25, 0.3) is 11.0 Å². The molecule has 0 radical (unpaired) electrons. The molecule has 1 saturated heterocycles. The van der Waals surface area contributed by atoms with Crippen molar-refractivity contribution in [3.05, 3.63) is 64.5 Å². The van der Waals surface area contributed by atoms with Gasteiger partial charge in [0.2, 0.25) is 5.91 Å². The summed E-state index contributed by atoms with van der Waals surface area (Å²) in [5, 5.41) is 11.3. The zero-order chi connectivity index (χ0) is 20.4. The number of imidazole rings is 1. The highest BCUT2D eigenvalue weighted by Gasteiger charge is 2.29. The SMILES string of the molecule is CN(Cc1nc2ccccc2[nH]1)C(=O)C1CCN(c2ccccc2[N+](=O)[O-])CC1. The summed E-state index contributed by atoms with van der Waals surface area (Å²) >= 11 is 0. The molecule has 1 N–H and O–H groups in total. The first kappa shape index (κ1) is 18.9. The average Bonchev–Trinajstić information content (AvgIpc) is 3.15. The van der Waals surface area contributed by atoms with E-state index in [-0.39, 0.29) is 22.4 Å². The summed E-state index contributed by atoms with van der Waals surface area (Å²) in [5.74, 6) is 0.774. The lowest BCUT2D eigenvalue weighted by atomic mass is 9.95. The van der Waals surface area contributed by atoms with Gasteiger partial charge in [0.25, 0.3) is 5.69 Å². The van der Waals surface area contributed by atoms with E-state index in [0.29, 0.717) is 38.2 Å². The van der Waals surface area contributed by atoms with E-state index >= 15 is 0 Å². The number of aromatic amines is 1. The first-order valence-electron chi connectivity index (χ1n) is 9.70. The molecule has 8 heteroatoms. The number of hydrogen-bond acceptors (Lipinski definition) is 5. The lowest BCUT2D eigenvalue weighted by molar-refractivity contribution is -0.384. The molecule has 0 aliphatic carbocycles. The van der Waals surface area contributed by atoms with E-state index in [4.69, 9.17) is 0 Å². The van der Waals surface area contributed by atoms with Crippen LogP contribution in [-0.4, -0.2) is 45.8 Å². The van der Waals surface area contributed by atoms with Crippen LogP contribution in [0.1, 0.15) is 18.7 Å². The number of H-pyrrole nitrogens is 1. The largest absolute Gasteiger partial charge is 0.366 e. The fourth-order valence-electron chi connectivity index (χ4n) is 3.95. The highest BCUT2D eigenvalue weighted by molar-refractivity contribution is 5.79. The van der Waals surface area contributed by atoms with Crippen molar-refractivity contribution in [2.24, 2.45) is 5.92 Å². The first-order chi connectivity index (χ1) is 14.0. The number of nitrogens with one attached hydrogen (secondary N) is 1. The van der Waals surface area contributed by atoms with E-state index in [0.717, 1.165) is 16.9 Å². The normalized spacial score (nSPS) is 14.9. The maximum atomic E-state index is 12.9. The Morgan fingerprint density at radius 1 is 1.21 bits per heavy atom. The van der Waals surface area contributed by atoms with Crippen molar-refractivity contribution in [1.82, 2.24) is 14.9 Å². The number of nitrogens with zero attached hydrogens (tertiary/aromatic N) is 4. The quantitative estimate of drug-likeness (QED) is 0.530. The minimum absolute atomic E-state index is 0.0802. The van der Waals surface area contributed by atoms with Crippen molar-refractivity contribution in [3.8, 4) is 0 Å². The van der Waals surface area contributed by atoms with Crippen LogP contribution in [0.2, 0.25) is 0 Å². The summed E-state index contributed by atoms with van der Waals surface area (Å²) in [7, 11) is 1.80. The number of piperidine rings is 1. The Kier molecular flexibility index (Phi) is 5.16. The molecule has 1 aliphatic heterocycles. The molecular weight excluding hydrogens is 370 g/mol. The summed E-state index contributed by atoms with van der Waals surface area (Å²) in [5.41, 5.74) is 2.58. The van der Waals surface area contributed by atoms with Gasteiger partial charge in [-0.15, -0.1) is 0 Å². The predicted molar refractivity (Wildman–Crippen MR) is 111 cm³/mol. The van der Waals surface area contributed by atoms with Crippen LogP contribution in [0.15, 0.2) is 48.5 Å². The third kappa shape index (κ3) is 3.91. The summed E-state index contributed by atoms with van der Waals surface area (Å²) in [6, 6.07) is 14.6. The minimum Gasteiger partial charge on any atom is -0.366 e. The second kappa shape index (κ2) is 7.90. The van der Waals surface area contributed by atoms with Gasteiger partial charge in [0.05, 0.1) is 22.5 Å². The number of rotatable bonds is 5. The third-order valence-electron chi connectivity index (χ3n) is 5.46. The molecule has 0 unspecified atom stereocenters. The van der Waals surface area contributed by atoms with E-state index in [1.165, 1.54) is 6.07 Å². The monoisotopic (exact) mass is 393 g/mol. The molecule has 0 saturated carbocycles. The number of anilines is 1. The molecular formula is C21H23N5O3. The number of hydrogen-bond donors (Lipinski definition) is 1. The standard InChI is InChI=1S/C21H23N5O3/c1-24(14-20-22-16-6-2-3-7-17(16)23-20)21(27)15-10-12-25(13-11-15)18-8-4-5-9-19(18)26(28)29/h2-9,15H,10-14H2,1H3,(H,22,23). The Morgan fingerprint density at radius 2 is 1.90 bits per heavy atom. The van der Waals surface area contributed by atoms with Crippen LogP contribution in [-0.2, 0) is 11.3 Å². The van der Waals surface area contributed by atoms with Crippen molar-refractivity contribution < 1.29 is 9.72 Å². The molecule has 2 heterocycles. The molecule has 1 fully saturated rings. The summed E-state index contributed by atoms with van der Waals surface area (Å²) in [6.45, 7) is 1.68. The van der Waals surface area contributed by atoms with Gasteiger partial charge in [-0.25, -0.2) is 4.98 Å². The Morgan fingerprint density at radius 3 is 2.62 bits per heavy atom. The molecule has 29 heavy (non-hydrogen) atoms. The highest BCUT2D eigenvalue weighted by atomic mass is 16.6. The highest BCUT2D eigenvalue weighted by Crippen LogP contribution is 2.31. The lowest BCUT2D eigenvalue weighted by Gasteiger charge is -2.34. The van der Waals surface area contributed by atoms with Crippen molar-refractivity contribution in [1.29, 1.82) is 0 Å². The van der Waals surface area contributed by atoms with Crippen LogP contribution in [0.5, 0.6) is 0 Å². The average molecular weight is 393 g/mol. The molecule has 2 aromatic carbocycles. The Bertz CT molecular complexity index is 1010. The maximum Gasteiger partial charge on any atom is 0.292 e. The van der Waals surface area contributed by atoms with Gasteiger partial charge in [0, 0.05) is 32.1 Å². The zero-order valence-corrected chi connectivity index (χ0v) is 16.2. The summed E-state index contributed by atoms with van der Waals surface area (Å²) in [6.07, 6.45) is 1.35. The zero-order valence-electron chi connectivity index (χ0n) is 16.2. The fraction of sp³-hybridized carbons (Fsp3) is 0.333. The van der Waals surface area contributed by atoms with Crippen LogP contribution in [0, 0.1) is 16.0 Å². The predicted octanol–water partition coefficient (Wildman–Crippen LogP) is 3.35. The molecule has 1 aliphatic rings. The molecule has 1 amide bonds. The Labute approximate surface area is 168 Å². The number of nitro benzene ring substituents is 1. The van der Waals surface area contributed by atoms with Gasteiger partial charge in [0.15, 0.2) is 0 Å². The van der Waals surface area contributed by atoms with Gasteiger partial charge in [-0.05, 0) is 31.0 Å². The van der Waals surface area contributed by atoms with Gasteiger partial charge in [-0.3, -0.25) is 14.9 Å². The number of carbonyl (C=O) groups excluding carboxylic acids is 1. The maximum absolute atomic E-state index is 12.9. The van der Waals surface area contributed by atoms with Gasteiger partial charge in [-0.2, -0.15) is 0 Å². The smallest absolute Gasteiger partial charge is 0.292 e.